The van der Waals surface area contributed by atoms with Crippen molar-refractivity contribution in [3.05, 3.63) is 53.9 Å². The summed E-state index contributed by atoms with van der Waals surface area (Å²) in [5.41, 5.74) is 5.03. The first-order valence-corrected chi connectivity index (χ1v) is 12.6. The van der Waals surface area contributed by atoms with Crippen LogP contribution >= 0.6 is 0 Å². The Morgan fingerprint density at radius 1 is 1.14 bits per heavy atom. The number of rotatable bonds is 4. The van der Waals surface area contributed by atoms with Gasteiger partial charge in [0.25, 0.3) is 0 Å². The lowest BCUT2D eigenvalue weighted by molar-refractivity contribution is 0.386. The molecule has 36 heavy (non-hydrogen) atoms. The van der Waals surface area contributed by atoms with Crippen LogP contribution in [-0.2, 0) is 12.0 Å². The zero-order valence-corrected chi connectivity index (χ0v) is 21.1. The molecule has 186 valence electrons. The first-order chi connectivity index (χ1) is 17.3. The summed E-state index contributed by atoms with van der Waals surface area (Å²) in [6.45, 7) is 11.5. The second kappa shape index (κ2) is 8.51. The summed E-state index contributed by atoms with van der Waals surface area (Å²) in [6, 6.07) is 8.34. The van der Waals surface area contributed by atoms with Crippen LogP contribution in [0.1, 0.15) is 38.6 Å². The van der Waals surface area contributed by atoms with Gasteiger partial charge in [-0.05, 0) is 63.9 Å². The maximum absolute atomic E-state index is 15.0. The van der Waals surface area contributed by atoms with E-state index in [-0.39, 0.29) is 11.2 Å². The number of aromatic nitrogens is 5. The van der Waals surface area contributed by atoms with Gasteiger partial charge in [0.15, 0.2) is 5.82 Å². The first-order valence-electron chi connectivity index (χ1n) is 12.6. The summed E-state index contributed by atoms with van der Waals surface area (Å²) in [6.07, 6.45) is 5.06. The molecule has 9 heteroatoms. The van der Waals surface area contributed by atoms with Crippen LogP contribution in [0.25, 0.3) is 22.3 Å². The van der Waals surface area contributed by atoms with E-state index in [2.05, 4.69) is 55.8 Å². The summed E-state index contributed by atoms with van der Waals surface area (Å²) in [5, 5.41) is 6.58. The van der Waals surface area contributed by atoms with Gasteiger partial charge in [-0.1, -0.05) is 0 Å². The molecule has 0 unspecified atom stereocenters. The van der Waals surface area contributed by atoms with Crippen molar-refractivity contribution in [2.75, 3.05) is 29.9 Å². The van der Waals surface area contributed by atoms with E-state index < -0.39 is 5.82 Å². The van der Waals surface area contributed by atoms with Gasteiger partial charge in [0.05, 0.1) is 29.1 Å². The summed E-state index contributed by atoms with van der Waals surface area (Å²) in [5.74, 6) is 1.54. The highest BCUT2D eigenvalue weighted by atomic mass is 19.1. The number of hydrogen-bond acceptors (Lipinski definition) is 7. The Morgan fingerprint density at radius 3 is 2.78 bits per heavy atom. The smallest absolute Gasteiger partial charge is 0.229 e. The summed E-state index contributed by atoms with van der Waals surface area (Å²) >= 11 is 0. The molecule has 1 aromatic carbocycles. The van der Waals surface area contributed by atoms with Gasteiger partial charge in [-0.2, -0.15) is 0 Å². The van der Waals surface area contributed by atoms with Gasteiger partial charge in [-0.3, -0.25) is 0 Å². The average molecular weight is 487 g/mol. The van der Waals surface area contributed by atoms with Gasteiger partial charge in [-0.15, -0.1) is 0 Å². The minimum absolute atomic E-state index is 0.0212. The van der Waals surface area contributed by atoms with Crippen LogP contribution in [-0.4, -0.2) is 50.2 Å². The molecule has 1 saturated heterocycles. The molecule has 2 N–H and O–H groups in total. The summed E-state index contributed by atoms with van der Waals surface area (Å²) in [7, 11) is 0. The van der Waals surface area contributed by atoms with Crippen LogP contribution < -0.4 is 15.5 Å². The van der Waals surface area contributed by atoms with E-state index in [4.69, 9.17) is 4.98 Å². The topological polar surface area (TPSA) is 83.8 Å². The first kappa shape index (κ1) is 22.8. The summed E-state index contributed by atoms with van der Waals surface area (Å²) in [4.78, 5) is 20.4. The highest BCUT2D eigenvalue weighted by Crippen LogP contribution is 2.38. The number of fused-ring (bicyclic) bond motifs is 3. The molecular weight excluding hydrogens is 455 g/mol. The lowest BCUT2D eigenvalue weighted by atomic mass is 10.0. The van der Waals surface area contributed by atoms with Crippen molar-refractivity contribution in [3.8, 4) is 11.3 Å². The number of anilines is 3. The zero-order valence-electron chi connectivity index (χ0n) is 21.1. The predicted molar refractivity (Wildman–Crippen MR) is 140 cm³/mol. The second-order valence-corrected chi connectivity index (χ2v) is 10.6. The molecule has 6 rings (SSSR count). The predicted octanol–water partition coefficient (Wildman–Crippen LogP) is 4.56. The van der Waals surface area contributed by atoms with Gasteiger partial charge in [-0.25, -0.2) is 24.3 Å². The fourth-order valence-corrected chi connectivity index (χ4v) is 5.46. The normalized spacial score (nSPS) is 19.0. The molecule has 0 saturated carbocycles. The third-order valence-corrected chi connectivity index (χ3v) is 7.33. The van der Waals surface area contributed by atoms with Crippen molar-refractivity contribution in [3.63, 3.8) is 0 Å². The average Bonchev–Trinajstić information content (AvgIpc) is 3.38. The monoisotopic (exact) mass is 486 g/mol. The third kappa shape index (κ3) is 3.97. The Bertz CT molecular complexity index is 1440. The number of aryl methyl sites for hydroxylation is 2. The van der Waals surface area contributed by atoms with Crippen molar-refractivity contribution in [2.45, 2.75) is 52.1 Å². The van der Waals surface area contributed by atoms with Crippen LogP contribution in [0.5, 0.6) is 0 Å². The van der Waals surface area contributed by atoms with Crippen molar-refractivity contribution < 1.29 is 4.39 Å². The van der Waals surface area contributed by atoms with Crippen LogP contribution in [0, 0.1) is 12.7 Å². The zero-order chi connectivity index (χ0) is 25.0. The van der Waals surface area contributed by atoms with E-state index in [1.165, 1.54) is 6.20 Å². The van der Waals surface area contributed by atoms with E-state index in [0.717, 1.165) is 60.6 Å². The maximum Gasteiger partial charge on any atom is 0.229 e. The molecule has 3 aromatic heterocycles. The van der Waals surface area contributed by atoms with E-state index >= 15 is 0 Å². The quantitative estimate of drug-likeness (QED) is 0.438. The molecule has 1 atom stereocenters. The number of piperazine rings is 1. The number of nitrogens with one attached hydrogen (secondary N) is 2. The molecule has 2 aliphatic rings. The van der Waals surface area contributed by atoms with Crippen LogP contribution in [0.15, 0.2) is 36.7 Å². The largest absolute Gasteiger partial charge is 0.367 e. The standard InChI is InChI=1S/C27H31FN8/c1-16-11-18(12-21-24(16)33-23-7-8-27(3,4)36(21)23)25-20(28)14-31-26(34-25)32-22-6-5-19(13-30-22)35-10-9-29-17(2)15-35/h5-6,11-14,17,29H,7-10,15H2,1-4H3,(H,30,31,32,34)/t17-/m1/s1. The Morgan fingerprint density at radius 2 is 2.00 bits per heavy atom. The van der Waals surface area contributed by atoms with E-state index in [1.54, 1.807) is 0 Å². The second-order valence-electron chi connectivity index (χ2n) is 10.6. The minimum atomic E-state index is -0.462. The molecule has 8 nitrogen and oxygen atoms in total. The Kier molecular flexibility index (Phi) is 5.40. The fraction of sp³-hybridized carbons (Fsp3) is 0.407. The van der Waals surface area contributed by atoms with Crippen LogP contribution in [0.2, 0.25) is 0 Å². The SMILES string of the molecule is Cc1cc(-c2nc(Nc3ccc(N4CCN[C@H](C)C4)cn3)ncc2F)cc2c1nc1n2C(C)(C)CC1. The number of halogens is 1. The van der Waals surface area contributed by atoms with Crippen LogP contribution in [0.3, 0.4) is 0 Å². The lowest BCUT2D eigenvalue weighted by Crippen LogP contribution is -2.49. The van der Waals surface area contributed by atoms with Crippen LogP contribution in [0.4, 0.5) is 21.8 Å². The molecular formula is C27H31FN8. The van der Waals surface area contributed by atoms with Crippen molar-refractivity contribution in [2.24, 2.45) is 0 Å². The number of pyridine rings is 1. The Hall–Kier alpha value is -3.59. The fourth-order valence-electron chi connectivity index (χ4n) is 5.46. The van der Waals surface area contributed by atoms with E-state index in [0.29, 0.717) is 23.4 Å². The summed E-state index contributed by atoms with van der Waals surface area (Å²) < 4.78 is 17.3. The van der Waals surface area contributed by atoms with E-state index in [1.807, 2.05) is 37.4 Å². The highest BCUT2D eigenvalue weighted by Gasteiger charge is 2.32. The highest BCUT2D eigenvalue weighted by molar-refractivity contribution is 5.86. The number of nitrogens with zero attached hydrogens (tertiary/aromatic N) is 6. The molecule has 2 aliphatic heterocycles. The third-order valence-electron chi connectivity index (χ3n) is 7.33. The van der Waals surface area contributed by atoms with Gasteiger partial charge in [0.2, 0.25) is 5.95 Å². The van der Waals surface area contributed by atoms with Gasteiger partial charge < -0.3 is 20.1 Å². The Balaban J connectivity index is 1.30. The molecule has 0 spiro atoms. The number of hydrogen-bond donors (Lipinski definition) is 2. The molecule has 0 bridgehead atoms. The molecule has 0 radical (unpaired) electrons. The lowest BCUT2D eigenvalue weighted by Gasteiger charge is -2.33. The number of imidazole rings is 1. The van der Waals surface area contributed by atoms with Gasteiger partial charge in [0.1, 0.15) is 17.3 Å². The molecule has 4 aromatic rings. The maximum atomic E-state index is 15.0. The molecule has 0 aliphatic carbocycles. The number of benzene rings is 1. The van der Waals surface area contributed by atoms with Crippen molar-refractivity contribution in [1.82, 2.24) is 29.8 Å². The van der Waals surface area contributed by atoms with E-state index in [9.17, 15) is 4.39 Å². The molecule has 0 amide bonds. The molecule has 5 heterocycles. The minimum Gasteiger partial charge on any atom is -0.367 e. The van der Waals surface area contributed by atoms with Gasteiger partial charge >= 0.3 is 0 Å². The Labute approximate surface area is 210 Å². The van der Waals surface area contributed by atoms with Crippen molar-refractivity contribution in [1.29, 1.82) is 0 Å². The molecule has 1 fully saturated rings. The van der Waals surface area contributed by atoms with Crippen molar-refractivity contribution >= 4 is 28.5 Å². The van der Waals surface area contributed by atoms with Gasteiger partial charge in [0, 0.05) is 43.2 Å².